The Morgan fingerprint density at radius 3 is 2.50 bits per heavy atom. The molecule has 0 bridgehead atoms. The van der Waals surface area contributed by atoms with E-state index in [2.05, 4.69) is 0 Å². The normalized spacial score (nSPS) is 11.0. The van der Waals surface area contributed by atoms with Crippen LogP contribution in [0, 0.1) is 0 Å². The van der Waals surface area contributed by atoms with Crippen LogP contribution in [0.2, 0.25) is 15.1 Å². The number of fused-ring (bicyclic) bond motifs is 1. The molecule has 0 atom stereocenters. The van der Waals surface area contributed by atoms with Crippen molar-refractivity contribution in [2.24, 2.45) is 0 Å². The zero-order valence-electron chi connectivity index (χ0n) is 12.7. The van der Waals surface area contributed by atoms with Gasteiger partial charge in [-0.1, -0.05) is 47.8 Å². The number of halogens is 3. The van der Waals surface area contributed by atoms with Crippen LogP contribution in [-0.2, 0) is 13.0 Å². The smallest absolute Gasteiger partial charge is 0.336 e. The lowest BCUT2D eigenvalue weighted by atomic mass is 10.1. The van der Waals surface area contributed by atoms with Crippen LogP contribution in [0.1, 0.15) is 18.1 Å². The molecule has 3 nitrogen and oxygen atoms in total. The first-order chi connectivity index (χ1) is 11.5. The highest BCUT2D eigenvalue weighted by atomic mass is 35.5. The molecular formula is C18H13Cl3O3. The summed E-state index contributed by atoms with van der Waals surface area (Å²) in [5.41, 5.74) is 1.80. The van der Waals surface area contributed by atoms with Gasteiger partial charge in [0.25, 0.3) is 0 Å². The van der Waals surface area contributed by atoms with Gasteiger partial charge in [0.1, 0.15) is 17.9 Å². The molecule has 3 rings (SSSR count). The Morgan fingerprint density at radius 1 is 1.00 bits per heavy atom. The van der Waals surface area contributed by atoms with E-state index in [1.807, 2.05) is 13.0 Å². The van der Waals surface area contributed by atoms with Crippen molar-refractivity contribution in [1.82, 2.24) is 0 Å². The van der Waals surface area contributed by atoms with E-state index in [-0.39, 0.29) is 6.61 Å². The second kappa shape index (κ2) is 7.06. The van der Waals surface area contributed by atoms with Crippen LogP contribution in [0.25, 0.3) is 11.0 Å². The summed E-state index contributed by atoms with van der Waals surface area (Å²) in [5.74, 6) is 0.437. The predicted octanol–water partition coefficient (Wildman–Crippen LogP) is 5.89. The van der Waals surface area contributed by atoms with E-state index >= 15 is 0 Å². The second-order valence-corrected chi connectivity index (χ2v) is 6.48. The summed E-state index contributed by atoms with van der Waals surface area (Å²) in [4.78, 5) is 11.6. The van der Waals surface area contributed by atoms with E-state index in [0.717, 1.165) is 16.5 Å². The SMILES string of the molecule is CCc1cc(=O)oc2cc(OCc3ccc(Cl)c(Cl)c3)c(Cl)cc12. The van der Waals surface area contributed by atoms with Gasteiger partial charge in [-0.05, 0) is 35.7 Å². The minimum atomic E-state index is -0.392. The maximum absolute atomic E-state index is 11.6. The number of rotatable bonds is 4. The van der Waals surface area contributed by atoms with E-state index in [4.69, 9.17) is 44.0 Å². The quantitative estimate of drug-likeness (QED) is 0.527. The molecular weight excluding hydrogens is 371 g/mol. The topological polar surface area (TPSA) is 39.4 Å². The molecule has 6 heteroatoms. The summed E-state index contributed by atoms with van der Waals surface area (Å²) < 4.78 is 11.0. The van der Waals surface area contributed by atoms with Crippen LogP contribution in [0.3, 0.4) is 0 Å². The number of ether oxygens (including phenoxy) is 1. The van der Waals surface area contributed by atoms with E-state index < -0.39 is 5.63 Å². The van der Waals surface area contributed by atoms with Crippen LogP contribution in [0.4, 0.5) is 0 Å². The van der Waals surface area contributed by atoms with Gasteiger partial charge in [0.05, 0.1) is 15.1 Å². The fourth-order valence-corrected chi connectivity index (χ4v) is 2.96. The Balaban J connectivity index is 1.93. The summed E-state index contributed by atoms with van der Waals surface area (Å²) in [6, 6.07) is 10.1. The first-order valence-corrected chi connectivity index (χ1v) is 8.44. The Bertz CT molecular complexity index is 964. The summed E-state index contributed by atoms with van der Waals surface area (Å²) in [6.07, 6.45) is 0.710. The molecule has 0 amide bonds. The van der Waals surface area contributed by atoms with Crippen molar-refractivity contribution < 1.29 is 9.15 Å². The van der Waals surface area contributed by atoms with Gasteiger partial charge in [-0.15, -0.1) is 0 Å². The highest BCUT2D eigenvalue weighted by Crippen LogP contribution is 2.32. The molecule has 2 aromatic carbocycles. The van der Waals surface area contributed by atoms with Crippen molar-refractivity contribution >= 4 is 45.8 Å². The van der Waals surface area contributed by atoms with Crippen LogP contribution < -0.4 is 10.4 Å². The van der Waals surface area contributed by atoms with E-state index in [1.165, 1.54) is 6.07 Å². The molecule has 1 heterocycles. The van der Waals surface area contributed by atoms with Crippen molar-refractivity contribution in [3.05, 3.63) is 73.0 Å². The minimum Gasteiger partial charge on any atom is -0.487 e. The van der Waals surface area contributed by atoms with E-state index in [9.17, 15) is 4.79 Å². The Kier molecular flexibility index (Phi) is 5.04. The number of aryl methyl sites for hydroxylation is 1. The molecule has 0 N–H and O–H groups in total. The molecule has 3 aromatic rings. The van der Waals surface area contributed by atoms with Gasteiger partial charge in [-0.2, -0.15) is 0 Å². The highest BCUT2D eigenvalue weighted by Gasteiger charge is 2.11. The molecule has 124 valence electrons. The average molecular weight is 384 g/mol. The van der Waals surface area contributed by atoms with Crippen molar-refractivity contribution in [3.8, 4) is 5.75 Å². The zero-order valence-corrected chi connectivity index (χ0v) is 15.0. The Hall–Kier alpha value is -1.68. The highest BCUT2D eigenvalue weighted by molar-refractivity contribution is 6.42. The van der Waals surface area contributed by atoms with Crippen molar-refractivity contribution in [2.45, 2.75) is 20.0 Å². The summed E-state index contributed by atoms with van der Waals surface area (Å²) in [5, 5.41) is 2.20. The third-order valence-corrected chi connectivity index (χ3v) is 4.68. The van der Waals surface area contributed by atoms with Gasteiger partial charge in [0.2, 0.25) is 0 Å². The summed E-state index contributed by atoms with van der Waals surface area (Å²) in [7, 11) is 0. The summed E-state index contributed by atoms with van der Waals surface area (Å²) >= 11 is 18.2. The fraction of sp³-hybridized carbons (Fsp3) is 0.167. The lowest BCUT2D eigenvalue weighted by molar-refractivity contribution is 0.306. The lowest BCUT2D eigenvalue weighted by Gasteiger charge is -2.11. The number of benzene rings is 2. The van der Waals surface area contributed by atoms with E-state index in [1.54, 1.807) is 24.3 Å². The second-order valence-electron chi connectivity index (χ2n) is 5.26. The van der Waals surface area contributed by atoms with Crippen molar-refractivity contribution in [2.75, 3.05) is 0 Å². The number of hydrogen-bond donors (Lipinski definition) is 0. The van der Waals surface area contributed by atoms with Crippen LogP contribution in [0.5, 0.6) is 5.75 Å². The molecule has 0 aliphatic carbocycles. The average Bonchev–Trinajstić information content (AvgIpc) is 2.55. The van der Waals surface area contributed by atoms with Gasteiger partial charge in [0.15, 0.2) is 0 Å². The van der Waals surface area contributed by atoms with Gasteiger partial charge in [-0.3, -0.25) is 0 Å². The molecule has 0 spiro atoms. The molecule has 0 saturated heterocycles. The predicted molar refractivity (Wildman–Crippen MR) is 97.7 cm³/mol. The molecule has 0 radical (unpaired) electrons. The molecule has 0 aliphatic rings. The van der Waals surface area contributed by atoms with Gasteiger partial charge < -0.3 is 9.15 Å². The summed E-state index contributed by atoms with van der Waals surface area (Å²) in [6.45, 7) is 2.23. The third-order valence-electron chi connectivity index (χ3n) is 3.64. The lowest BCUT2D eigenvalue weighted by Crippen LogP contribution is -2.01. The van der Waals surface area contributed by atoms with Crippen LogP contribution >= 0.6 is 34.8 Å². The molecule has 0 fully saturated rings. The third kappa shape index (κ3) is 3.54. The Morgan fingerprint density at radius 2 is 1.79 bits per heavy atom. The molecule has 0 aliphatic heterocycles. The first-order valence-electron chi connectivity index (χ1n) is 7.31. The monoisotopic (exact) mass is 382 g/mol. The largest absolute Gasteiger partial charge is 0.487 e. The number of hydrogen-bond acceptors (Lipinski definition) is 3. The maximum Gasteiger partial charge on any atom is 0.336 e. The van der Waals surface area contributed by atoms with Gasteiger partial charge in [-0.25, -0.2) is 4.79 Å². The van der Waals surface area contributed by atoms with Gasteiger partial charge in [0, 0.05) is 17.5 Å². The molecule has 1 aromatic heterocycles. The van der Waals surface area contributed by atoms with Crippen LogP contribution in [0.15, 0.2) is 45.6 Å². The minimum absolute atomic E-state index is 0.264. The van der Waals surface area contributed by atoms with E-state index in [0.29, 0.717) is 32.8 Å². The maximum atomic E-state index is 11.6. The zero-order chi connectivity index (χ0) is 17.3. The fourth-order valence-electron chi connectivity index (χ4n) is 2.42. The first kappa shape index (κ1) is 17.2. The molecule has 0 unspecified atom stereocenters. The van der Waals surface area contributed by atoms with Gasteiger partial charge >= 0.3 is 5.63 Å². The van der Waals surface area contributed by atoms with Crippen molar-refractivity contribution in [1.29, 1.82) is 0 Å². The molecule has 24 heavy (non-hydrogen) atoms. The standard InChI is InChI=1S/C18H13Cl3O3/c1-2-11-6-18(22)24-16-8-17(15(21)7-12(11)16)23-9-10-3-4-13(19)14(20)5-10/h3-8H,2,9H2,1H3. The van der Waals surface area contributed by atoms with Crippen LogP contribution in [-0.4, -0.2) is 0 Å². The Labute approximate surface area is 153 Å². The molecule has 0 saturated carbocycles. The van der Waals surface area contributed by atoms with Crippen molar-refractivity contribution in [3.63, 3.8) is 0 Å².